The molecule has 0 bridgehead atoms. The smallest absolute Gasteiger partial charge is 0.179 e. The van der Waals surface area contributed by atoms with Crippen LogP contribution in [-0.4, -0.2) is 30.1 Å². The summed E-state index contributed by atoms with van der Waals surface area (Å²) in [5, 5.41) is 8.72. The lowest BCUT2D eigenvalue weighted by molar-refractivity contribution is 0.597. The van der Waals surface area contributed by atoms with Crippen molar-refractivity contribution >= 4 is 32.9 Å². The van der Waals surface area contributed by atoms with Crippen molar-refractivity contribution in [2.45, 2.75) is 16.2 Å². The first-order chi connectivity index (χ1) is 8.58. The van der Waals surface area contributed by atoms with Gasteiger partial charge >= 0.3 is 0 Å². The summed E-state index contributed by atoms with van der Waals surface area (Å²) in [6.07, 6.45) is 0. The minimum atomic E-state index is -3.19. The molecule has 0 saturated heterocycles. The molecule has 1 aromatic heterocycles. The largest absolute Gasteiger partial charge is 0.224 e. The zero-order chi connectivity index (χ0) is 13.0. The lowest BCUT2D eigenvalue weighted by Crippen LogP contribution is -2.08. The van der Waals surface area contributed by atoms with E-state index in [1.165, 1.54) is 23.1 Å². The van der Waals surface area contributed by atoms with Crippen LogP contribution < -0.4 is 0 Å². The van der Waals surface area contributed by atoms with Crippen molar-refractivity contribution < 1.29 is 8.42 Å². The molecular weight excluding hydrogens is 288 g/mol. The van der Waals surface area contributed by atoms with Crippen molar-refractivity contribution in [3.8, 4) is 0 Å². The number of hydrogen-bond donors (Lipinski definition) is 0. The average Bonchev–Trinajstić information content (AvgIpc) is 2.76. The molecule has 0 aliphatic rings. The molecule has 96 valence electrons. The predicted octanol–water partition coefficient (Wildman–Crippen LogP) is 2.41. The maximum Gasteiger partial charge on any atom is 0.179 e. The number of sulfone groups is 1. The van der Waals surface area contributed by atoms with Gasteiger partial charge in [-0.1, -0.05) is 41.3 Å². The standard InChI is InChI=1S/C11H12N2O2S3/c1-9-12-13-11(17-9)16-7-8-18(14,15)10-5-3-2-4-6-10/h2-6H,7-8H2,1H3. The van der Waals surface area contributed by atoms with E-state index in [1.807, 2.05) is 6.92 Å². The van der Waals surface area contributed by atoms with Gasteiger partial charge in [-0.05, 0) is 19.1 Å². The summed E-state index contributed by atoms with van der Waals surface area (Å²) in [5.74, 6) is 0.603. The van der Waals surface area contributed by atoms with Crippen LogP contribution in [-0.2, 0) is 9.84 Å². The number of thioether (sulfide) groups is 1. The molecule has 7 heteroatoms. The van der Waals surface area contributed by atoms with Crippen LogP contribution in [0, 0.1) is 6.92 Å². The Bertz CT molecular complexity index is 608. The summed E-state index contributed by atoms with van der Waals surface area (Å²) in [7, 11) is -3.19. The third-order valence-electron chi connectivity index (χ3n) is 2.19. The number of nitrogens with zero attached hydrogens (tertiary/aromatic N) is 2. The molecule has 0 fully saturated rings. The van der Waals surface area contributed by atoms with Crippen LogP contribution in [0.3, 0.4) is 0 Å². The molecule has 4 nitrogen and oxygen atoms in total. The summed E-state index contributed by atoms with van der Waals surface area (Å²) >= 11 is 2.91. The van der Waals surface area contributed by atoms with Gasteiger partial charge in [0.2, 0.25) is 0 Å². The fraction of sp³-hybridized carbons (Fsp3) is 0.273. The van der Waals surface area contributed by atoms with Crippen molar-refractivity contribution in [3.05, 3.63) is 35.3 Å². The molecule has 2 aromatic rings. The monoisotopic (exact) mass is 300 g/mol. The Balaban J connectivity index is 1.94. The predicted molar refractivity (Wildman–Crippen MR) is 73.9 cm³/mol. The summed E-state index contributed by atoms with van der Waals surface area (Å²) in [5.41, 5.74) is 0. The second-order valence-electron chi connectivity index (χ2n) is 3.57. The van der Waals surface area contributed by atoms with Crippen molar-refractivity contribution in [1.29, 1.82) is 0 Å². The minimum absolute atomic E-state index is 0.111. The van der Waals surface area contributed by atoms with E-state index in [2.05, 4.69) is 10.2 Å². The quantitative estimate of drug-likeness (QED) is 0.794. The second kappa shape index (κ2) is 5.81. The summed E-state index contributed by atoms with van der Waals surface area (Å²) in [6, 6.07) is 8.50. The third kappa shape index (κ3) is 3.54. The molecular formula is C11H12N2O2S3. The van der Waals surface area contributed by atoms with Crippen molar-refractivity contribution in [1.82, 2.24) is 10.2 Å². The van der Waals surface area contributed by atoms with E-state index in [4.69, 9.17) is 0 Å². The molecule has 0 radical (unpaired) electrons. The number of aryl methyl sites for hydroxylation is 1. The highest BCUT2D eigenvalue weighted by Gasteiger charge is 2.14. The molecule has 1 heterocycles. The Morgan fingerprint density at radius 1 is 1.22 bits per heavy atom. The maximum absolute atomic E-state index is 12.0. The van der Waals surface area contributed by atoms with E-state index in [9.17, 15) is 8.42 Å². The normalized spacial score (nSPS) is 11.6. The van der Waals surface area contributed by atoms with E-state index in [0.29, 0.717) is 10.6 Å². The summed E-state index contributed by atoms with van der Waals surface area (Å²) in [6.45, 7) is 1.88. The molecule has 1 aromatic carbocycles. The zero-order valence-corrected chi connectivity index (χ0v) is 12.2. The Hall–Kier alpha value is -0.920. The molecule has 0 unspecified atom stereocenters. The molecule has 2 rings (SSSR count). The van der Waals surface area contributed by atoms with Gasteiger partial charge in [0.25, 0.3) is 0 Å². The SMILES string of the molecule is Cc1nnc(SCCS(=O)(=O)c2ccccc2)s1. The van der Waals surface area contributed by atoms with E-state index in [-0.39, 0.29) is 5.75 Å². The second-order valence-corrected chi connectivity index (χ2v) is 8.20. The Kier molecular flexibility index (Phi) is 4.36. The first-order valence-electron chi connectivity index (χ1n) is 5.29. The van der Waals surface area contributed by atoms with Gasteiger partial charge in [0.15, 0.2) is 14.2 Å². The fourth-order valence-electron chi connectivity index (χ4n) is 1.32. The fourth-order valence-corrected chi connectivity index (χ4v) is 4.88. The molecule has 0 spiro atoms. The third-order valence-corrected chi connectivity index (χ3v) is 6.15. The minimum Gasteiger partial charge on any atom is -0.224 e. The van der Waals surface area contributed by atoms with E-state index < -0.39 is 9.84 Å². The van der Waals surface area contributed by atoms with Gasteiger partial charge in [-0.25, -0.2) is 8.42 Å². The van der Waals surface area contributed by atoms with Crippen LogP contribution in [0.4, 0.5) is 0 Å². The van der Waals surface area contributed by atoms with E-state index in [1.54, 1.807) is 30.3 Å². The highest BCUT2D eigenvalue weighted by atomic mass is 32.2. The van der Waals surface area contributed by atoms with E-state index in [0.717, 1.165) is 9.35 Å². The molecule has 0 amide bonds. The number of hydrogen-bond acceptors (Lipinski definition) is 6. The maximum atomic E-state index is 12.0. The lowest BCUT2D eigenvalue weighted by atomic mass is 10.4. The van der Waals surface area contributed by atoms with Gasteiger partial charge in [-0.2, -0.15) is 0 Å². The van der Waals surface area contributed by atoms with Crippen LogP contribution >= 0.6 is 23.1 Å². The van der Waals surface area contributed by atoms with Crippen LogP contribution in [0.25, 0.3) is 0 Å². The Morgan fingerprint density at radius 2 is 1.94 bits per heavy atom. The van der Waals surface area contributed by atoms with E-state index >= 15 is 0 Å². The van der Waals surface area contributed by atoms with Gasteiger partial charge in [0, 0.05) is 5.75 Å². The summed E-state index contributed by atoms with van der Waals surface area (Å²) in [4.78, 5) is 0.374. The highest BCUT2D eigenvalue weighted by molar-refractivity contribution is 8.02. The molecule has 0 aliphatic heterocycles. The molecule has 0 aliphatic carbocycles. The molecule has 0 N–H and O–H groups in total. The number of rotatable bonds is 5. The van der Waals surface area contributed by atoms with Crippen molar-refractivity contribution in [2.75, 3.05) is 11.5 Å². The van der Waals surface area contributed by atoms with Gasteiger partial charge in [-0.3, -0.25) is 0 Å². The first-order valence-corrected chi connectivity index (χ1v) is 8.74. The summed E-state index contributed by atoms with van der Waals surface area (Å²) < 4.78 is 24.8. The van der Waals surface area contributed by atoms with Gasteiger partial charge < -0.3 is 0 Å². The van der Waals surface area contributed by atoms with Crippen LogP contribution in [0.1, 0.15) is 5.01 Å². The van der Waals surface area contributed by atoms with Crippen molar-refractivity contribution in [3.63, 3.8) is 0 Å². The highest BCUT2D eigenvalue weighted by Crippen LogP contribution is 2.22. The molecule has 18 heavy (non-hydrogen) atoms. The first kappa shape index (κ1) is 13.5. The zero-order valence-electron chi connectivity index (χ0n) is 9.74. The number of aromatic nitrogens is 2. The molecule has 0 atom stereocenters. The van der Waals surface area contributed by atoms with Gasteiger partial charge in [0.05, 0.1) is 10.6 Å². The topological polar surface area (TPSA) is 59.9 Å². The van der Waals surface area contributed by atoms with Crippen LogP contribution in [0.5, 0.6) is 0 Å². The molecule has 0 saturated carbocycles. The Labute approximate surface area is 114 Å². The van der Waals surface area contributed by atoms with Crippen LogP contribution in [0.2, 0.25) is 0 Å². The number of benzene rings is 1. The van der Waals surface area contributed by atoms with Crippen molar-refractivity contribution in [2.24, 2.45) is 0 Å². The van der Waals surface area contributed by atoms with Crippen LogP contribution in [0.15, 0.2) is 39.6 Å². The Morgan fingerprint density at radius 3 is 2.56 bits per heavy atom. The van der Waals surface area contributed by atoms with Gasteiger partial charge in [0.1, 0.15) is 5.01 Å². The average molecular weight is 300 g/mol. The lowest BCUT2D eigenvalue weighted by Gasteiger charge is -2.02. The van der Waals surface area contributed by atoms with Gasteiger partial charge in [-0.15, -0.1) is 10.2 Å².